The second kappa shape index (κ2) is 6.18. The van der Waals surface area contributed by atoms with Crippen LogP contribution in [0.5, 0.6) is 0 Å². The molecule has 0 atom stereocenters. The van der Waals surface area contributed by atoms with Gasteiger partial charge in [0.2, 0.25) is 5.78 Å². The predicted molar refractivity (Wildman–Crippen MR) is 43.6 cm³/mol. The van der Waals surface area contributed by atoms with E-state index in [0.29, 0.717) is 0 Å². The van der Waals surface area contributed by atoms with Gasteiger partial charge in [-0.15, -0.1) is 11.8 Å². The van der Waals surface area contributed by atoms with Gasteiger partial charge in [-0.3, -0.25) is 4.79 Å². The zero-order valence-corrected chi connectivity index (χ0v) is 7.11. The largest absolute Gasteiger partial charge is 0.476 e. The molecule has 0 aromatic carbocycles. The molecule has 5 heteroatoms. The number of carbonyl (C=O) groups excluding carboxylic acids is 1. The summed E-state index contributed by atoms with van der Waals surface area (Å²) in [5.41, 5.74) is 0. The third kappa shape index (κ3) is 7.35. The molecule has 0 radical (unpaired) electrons. The molecule has 0 saturated carbocycles. The molecule has 1 heterocycles. The summed E-state index contributed by atoms with van der Waals surface area (Å²) in [6, 6.07) is 0. The maximum atomic E-state index is 9.54. The molecular weight excluding hydrogens is 166 g/mol. The second-order valence-corrected chi connectivity index (χ2v) is 3.02. The Morgan fingerprint density at radius 3 is 2.18 bits per heavy atom. The topological polar surface area (TPSA) is 66.4 Å². The van der Waals surface area contributed by atoms with Gasteiger partial charge in [-0.2, -0.15) is 0 Å². The molecule has 2 N–H and O–H groups in total. The van der Waals surface area contributed by atoms with E-state index in [0.717, 1.165) is 6.92 Å². The molecule has 1 aliphatic rings. The summed E-state index contributed by atoms with van der Waals surface area (Å²) in [6.45, 7) is 2.22. The Bertz CT molecular complexity index is 125. The van der Waals surface area contributed by atoms with Crippen molar-refractivity contribution in [2.45, 2.75) is 6.92 Å². The zero-order chi connectivity index (χ0) is 8.69. The lowest BCUT2D eigenvalue weighted by Crippen LogP contribution is -2.05. The number of hydrogen-bond acceptors (Lipinski definition) is 4. The minimum absolute atomic E-state index is 0.824. The van der Waals surface area contributed by atoms with E-state index < -0.39 is 11.8 Å². The number of carbonyl (C=O) groups is 2. The zero-order valence-electron chi connectivity index (χ0n) is 6.29. The van der Waals surface area contributed by atoms with E-state index in [1.54, 1.807) is 0 Å². The Balaban J connectivity index is 0.000000183. The van der Waals surface area contributed by atoms with Gasteiger partial charge in [-0.25, -0.2) is 4.79 Å². The second-order valence-electron chi connectivity index (χ2n) is 1.91. The van der Waals surface area contributed by atoms with Crippen LogP contribution in [0.15, 0.2) is 0 Å². The van der Waals surface area contributed by atoms with E-state index in [-0.39, 0.29) is 0 Å². The highest BCUT2D eigenvalue weighted by Crippen LogP contribution is 1.99. The van der Waals surface area contributed by atoms with Crippen molar-refractivity contribution in [3.63, 3.8) is 0 Å². The number of nitrogens with one attached hydrogen (secondary N) is 1. The highest BCUT2D eigenvalue weighted by atomic mass is 32.2. The Hall–Kier alpha value is -0.550. The van der Waals surface area contributed by atoms with Crippen LogP contribution < -0.4 is 5.32 Å². The summed E-state index contributed by atoms with van der Waals surface area (Å²) in [5, 5.41) is 10.8. The Labute approximate surface area is 69.4 Å². The lowest BCUT2D eigenvalue weighted by molar-refractivity contribution is -0.148. The Morgan fingerprint density at radius 1 is 1.55 bits per heavy atom. The molecule has 1 saturated heterocycles. The van der Waals surface area contributed by atoms with Crippen molar-refractivity contribution in [1.29, 1.82) is 0 Å². The first kappa shape index (κ1) is 10.4. The van der Waals surface area contributed by atoms with E-state index in [2.05, 4.69) is 5.32 Å². The quantitative estimate of drug-likeness (QED) is 0.549. The Morgan fingerprint density at radius 2 is 2.09 bits per heavy atom. The molecule has 0 amide bonds. The van der Waals surface area contributed by atoms with Gasteiger partial charge in [0.25, 0.3) is 0 Å². The van der Waals surface area contributed by atoms with Crippen molar-refractivity contribution >= 4 is 23.5 Å². The number of carboxylic acids is 1. The van der Waals surface area contributed by atoms with Gasteiger partial charge in [0.15, 0.2) is 0 Å². The van der Waals surface area contributed by atoms with Gasteiger partial charge < -0.3 is 10.4 Å². The van der Waals surface area contributed by atoms with Crippen LogP contribution in [0.2, 0.25) is 0 Å². The van der Waals surface area contributed by atoms with Crippen LogP contribution >= 0.6 is 11.8 Å². The number of hydrogen-bond donors (Lipinski definition) is 2. The molecule has 1 fully saturated rings. The minimum Gasteiger partial charge on any atom is -0.476 e. The van der Waals surface area contributed by atoms with Crippen LogP contribution in [0.25, 0.3) is 0 Å². The molecule has 4 nitrogen and oxygen atoms in total. The number of rotatable bonds is 1. The smallest absolute Gasteiger partial charge is 0.371 e. The predicted octanol–water partition coefficient (Wildman–Crippen LogP) is -0.0597. The number of Topliss-reactive ketones (excluding diaryl/α,β-unsaturated/α-hetero) is 1. The molecule has 0 aromatic rings. The first-order valence-electron chi connectivity index (χ1n) is 3.17. The van der Waals surface area contributed by atoms with Crippen molar-refractivity contribution < 1.29 is 14.7 Å². The highest BCUT2D eigenvalue weighted by molar-refractivity contribution is 7.99. The third-order valence-corrected chi connectivity index (χ3v) is 1.83. The molecule has 1 rings (SSSR count). The molecule has 1 aliphatic heterocycles. The molecular formula is C6H11NO3S. The molecule has 11 heavy (non-hydrogen) atoms. The monoisotopic (exact) mass is 177 g/mol. The summed E-state index contributed by atoms with van der Waals surface area (Å²) >= 11 is 1.96. The van der Waals surface area contributed by atoms with Crippen molar-refractivity contribution in [3.05, 3.63) is 0 Å². The van der Waals surface area contributed by atoms with E-state index in [9.17, 15) is 9.59 Å². The Kier molecular flexibility index (Phi) is 5.87. The van der Waals surface area contributed by atoms with E-state index in [4.69, 9.17) is 5.11 Å². The van der Waals surface area contributed by atoms with Crippen LogP contribution in [0, 0.1) is 0 Å². The molecule has 0 unspecified atom stereocenters. The number of thioether (sulfide) groups is 1. The van der Waals surface area contributed by atoms with Crippen molar-refractivity contribution in [1.82, 2.24) is 5.32 Å². The maximum absolute atomic E-state index is 9.54. The van der Waals surface area contributed by atoms with E-state index in [1.165, 1.54) is 18.2 Å². The molecule has 0 aromatic heterocycles. The van der Waals surface area contributed by atoms with Crippen LogP contribution in [-0.4, -0.2) is 35.0 Å². The summed E-state index contributed by atoms with van der Waals surface area (Å²) in [4.78, 5) is 18.9. The van der Waals surface area contributed by atoms with E-state index in [1.807, 2.05) is 11.8 Å². The van der Waals surface area contributed by atoms with Crippen LogP contribution in [-0.2, 0) is 9.59 Å². The number of carboxylic acid groups (broad SMARTS) is 1. The van der Waals surface area contributed by atoms with Gasteiger partial charge in [-0.05, 0) is 0 Å². The summed E-state index contributed by atoms with van der Waals surface area (Å²) in [5.74, 6) is 0.269. The van der Waals surface area contributed by atoms with E-state index >= 15 is 0 Å². The average molecular weight is 177 g/mol. The SMILES string of the molecule is C1CSCN1.CC(=O)C(=O)O. The molecule has 0 aliphatic carbocycles. The minimum atomic E-state index is -1.38. The van der Waals surface area contributed by atoms with Gasteiger partial charge >= 0.3 is 5.97 Å². The van der Waals surface area contributed by atoms with Crippen molar-refractivity contribution in [3.8, 4) is 0 Å². The summed E-state index contributed by atoms with van der Waals surface area (Å²) in [6.07, 6.45) is 0. The van der Waals surface area contributed by atoms with Crippen molar-refractivity contribution in [2.24, 2.45) is 0 Å². The summed E-state index contributed by atoms with van der Waals surface area (Å²) in [7, 11) is 0. The normalized spacial score (nSPS) is 15.0. The van der Waals surface area contributed by atoms with Gasteiger partial charge in [0.05, 0.1) is 0 Å². The first-order valence-corrected chi connectivity index (χ1v) is 4.32. The average Bonchev–Trinajstić information content (AvgIpc) is 2.41. The molecule has 0 spiro atoms. The molecule has 64 valence electrons. The fraction of sp³-hybridized carbons (Fsp3) is 0.667. The van der Waals surface area contributed by atoms with Gasteiger partial charge in [0.1, 0.15) is 0 Å². The number of ketones is 1. The van der Waals surface area contributed by atoms with Gasteiger partial charge in [0, 0.05) is 25.1 Å². The first-order chi connectivity index (χ1) is 5.14. The third-order valence-electron chi connectivity index (χ3n) is 0.928. The number of aliphatic carboxylic acids is 1. The molecule has 0 bridgehead atoms. The van der Waals surface area contributed by atoms with Crippen LogP contribution in [0.1, 0.15) is 6.92 Å². The highest BCUT2D eigenvalue weighted by Gasteiger charge is 1.99. The summed E-state index contributed by atoms with van der Waals surface area (Å²) < 4.78 is 0. The lowest BCUT2D eigenvalue weighted by atomic mass is 10.5. The fourth-order valence-electron chi connectivity index (χ4n) is 0.361. The lowest BCUT2D eigenvalue weighted by Gasteiger charge is -1.74. The standard InChI is InChI=1S/C3H7NS.C3H4O3/c1-2-5-3-4-1;1-2(4)3(5)6/h4H,1-3H2;1H3,(H,5,6). The fourth-order valence-corrected chi connectivity index (χ4v) is 1.08. The van der Waals surface area contributed by atoms with Crippen LogP contribution in [0.3, 0.4) is 0 Å². The maximum Gasteiger partial charge on any atom is 0.371 e. The van der Waals surface area contributed by atoms with Crippen molar-refractivity contribution in [2.75, 3.05) is 18.2 Å². The van der Waals surface area contributed by atoms with Gasteiger partial charge in [-0.1, -0.05) is 0 Å². The van der Waals surface area contributed by atoms with Crippen LogP contribution in [0.4, 0.5) is 0 Å².